The fraction of sp³-hybridized carbons (Fsp3) is 0.250. The lowest BCUT2D eigenvalue weighted by Crippen LogP contribution is -2.35. The molecule has 0 spiro atoms. The molecule has 0 aromatic heterocycles. The van der Waals surface area contributed by atoms with Gasteiger partial charge in [0.05, 0.1) is 10.9 Å². The number of anilines is 1. The van der Waals surface area contributed by atoms with Crippen molar-refractivity contribution in [1.29, 1.82) is 0 Å². The minimum atomic E-state index is -3.82. The quantitative estimate of drug-likeness (QED) is 0.682. The number of hydrogen-bond donors (Lipinski definition) is 3. The summed E-state index contributed by atoms with van der Waals surface area (Å²) < 4.78 is 22.7. The van der Waals surface area contributed by atoms with Crippen LogP contribution in [0.5, 0.6) is 0 Å². The molecule has 1 rings (SSSR count). The Bertz CT molecular complexity index is 596. The normalized spacial score (nSPS) is 12.8. The van der Waals surface area contributed by atoms with Crippen molar-refractivity contribution >= 4 is 21.6 Å². The van der Waals surface area contributed by atoms with E-state index in [9.17, 15) is 13.2 Å². The van der Waals surface area contributed by atoms with Crippen molar-refractivity contribution < 1.29 is 13.2 Å². The summed E-state index contributed by atoms with van der Waals surface area (Å²) in [5.74, 6) is -0.413. The van der Waals surface area contributed by atoms with E-state index >= 15 is 0 Å². The summed E-state index contributed by atoms with van der Waals surface area (Å²) in [4.78, 5) is 11.7. The van der Waals surface area contributed by atoms with Gasteiger partial charge >= 0.3 is 0 Å². The molecule has 0 aliphatic heterocycles. The lowest BCUT2D eigenvalue weighted by atomic mass is 10.2. The van der Waals surface area contributed by atoms with E-state index in [1.807, 2.05) is 0 Å². The molecule has 0 heterocycles. The van der Waals surface area contributed by atoms with Crippen LogP contribution in [0.1, 0.15) is 12.0 Å². The van der Waals surface area contributed by atoms with E-state index in [-0.39, 0.29) is 4.90 Å². The van der Waals surface area contributed by atoms with Crippen molar-refractivity contribution in [2.75, 3.05) is 5.32 Å². The summed E-state index contributed by atoms with van der Waals surface area (Å²) in [6.07, 6.45) is 1.87. The highest BCUT2D eigenvalue weighted by Crippen LogP contribution is 2.19. The van der Waals surface area contributed by atoms with Gasteiger partial charge in [-0.25, -0.2) is 13.6 Å². The van der Waals surface area contributed by atoms with Crippen molar-refractivity contribution in [2.45, 2.75) is 24.3 Å². The van der Waals surface area contributed by atoms with Crippen LogP contribution in [-0.4, -0.2) is 20.4 Å². The fourth-order valence-electron chi connectivity index (χ4n) is 1.51. The molecule has 1 amide bonds. The molecule has 1 aromatic carbocycles. The fourth-order valence-corrected chi connectivity index (χ4v) is 2.31. The molecule has 6 nitrogen and oxygen atoms in total. The Labute approximate surface area is 112 Å². The van der Waals surface area contributed by atoms with Crippen molar-refractivity contribution in [3.8, 4) is 0 Å². The molecule has 1 aromatic rings. The number of hydrogen-bond acceptors (Lipinski definition) is 4. The molecular formula is C12H17N3O3S. The van der Waals surface area contributed by atoms with E-state index in [1.54, 1.807) is 19.1 Å². The number of nitrogens with two attached hydrogens (primary N) is 2. The summed E-state index contributed by atoms with van der Waals surface area (Å²) in [6, 6.07) is 3.73. The van der Waals surface area contributed by atoms with Crippen LogP contribution in [0.3, 0.4) is 0 Å². The average Bonchev–Trinajstić information content (AvgIpc) is 2.30. The number of carbonyl (C=O) groups excluding carboxylic acids is 1. The highest BCUT2D eigenvalue weighted by molar-refractivity contribution is 7.89. The SMILES string of the molecule is C=CCC(N)C(=O)Nc1ccc(C)c(S(N)(=O)=O)c1. The smallest absolute Gasteiger partial charge is 0.241 e. The van der Waals surface area contributed by atoms with E-state index in [1.165, 1.54) is 12.1 Å². The van der Waals surface area contributed by atoms with Crippen LogP contribution in [0.15, 0.2) is 35.7 Å². The zero-order valence-corrected chi connectivity index (χ0v) is 11.4. The van der Waals surface area contributed by atoms with Gasteiger partial charge in [0.25, 0.3) is 0 Å². The maximum Gasteiger partial charge on any atom is 0.241 e. The average molecular weight is 283 g/mol. The Hall–Kier alpha value is -1.70. The zero-order valence-electron chi connectivity index (χ0n) is 10.6. The Morgan fingerprint density at radius 1 is 1.53 bits per heavy atom. The van der Waals surface area contributed by atoms with E-state index in [0.717, 1.165) is 0 Å². The molecule has 0 saturated heterocycles. The minimum Gasteiger partial charge on any atom is -0.325 e. The van der Waals surface area contributed by atoms with Gasteiger partial charge in [-0.3, -0.25) is 4.79 Å². The molecule has 104 valence electrons. The first-order valence-corrected chi connectivity index (χ1v) is 7.11. The Balaban J connectivity index is 2.98. The first-order chi connectivity index (χ1) is 8.75. The third-order valence-electron chi connectivity index (χ3n) is 2.52. The number of primary sulfonamides is 1. The van der Waals surface area contributed by atoms with Gasteiger partial charge in [0.1, 0.15) is 0 Å². The van der Waals surface area contributed by atoms with Crippen LogP contribution in [0.4, 0.5) is 5.69 Å². The first kappa shape index (κ1) is 15.4. The van der Waals surface area contributed by atoms with Gasteiger partial charge < -0.3 is 11.1 Å². The van der Waals surface area contributed by atoms with Crippen LogP contribution in [0.2, 0.25) is 0 Å². The second-order valence-electron chi connectivity index (χ2n) is 4.15. The van der Waals surface area contributed by atoms with Gasteiger partial charge in [0, 0.05) is 5.69 Å². The molecule has 7 heteroatoms. The Morgan fingerprint density at radius 3 is 2.68 bits per heavy atom. The molecule has 0 bridgehead atoms. The molecule has 1 atom stereocenters. The minimum absolute atomic E-state index is 0.0254. The highest BCUT2D eigenvalue weighted by atomic mass is 32.2. The number of aryl methyl sites for hydroxylation is 1. The maximum absolute atomic E-state index is 11.7. The third kappa shape index (κ3) is 4.16. The van der Waals surface area contributed by atoms with Crippen LogP contribution >= 0.6 is 0 Å². The molecule has 0 aliphatic rings. The number of benzene rings is 1. The second kappa shape index (κ2) is 5.96. The van der Waals surface area contributed by atoms with Gasteiger partial charge in [-0.15, -0.1) is 6.58 Å². The Morgan fingerprint density at radius 2 is 2.16 bits per heavy atom. The maximum atomic E-state index is 11.7. The largest absolute Gasteiger partial charge is 0.325 e. The summed E-state index contributed by atoms with van der Waals surface area (Å²) in [6.45, 7) is 5.11. The Kier molecular flexibility index (Phi) is 4.82. The van der Waals surface area contributed by atoms with Gasteiger partial charge in [-0.1, -0.05) is 12.1 Å². The van der Waals surface area contributed by atoms with Gasteiger partial charge in [-0.05, 0) is 31.0 Å². The monoisotopic (exact) mass is 283 g/mol. The summed E-state index contributed by atoms with van der Waals surface area (Å²) in [7, 11) is -3.82. The van der Waals surface area contributed by atoms with E-state index in [4.69, 9.17) is 10.9 Å². The van der Waals surface area contributed by atoms with Crippen molar-refractivity contribution in [1.82, 2.24) is 0 Å². The van der Waals surface area contributed by atoms with Gasteiger partial charge in [0.2, 0.25) is 15.9 Å². The van der Waals surface area contributed by atoms with Crippen LogP contribution in [0.25, 0.3) is 0 Å². The second-order valence-corrected chi connectivity index (χ2v) is 5.68. The van der Waals surface area contributed by atoms with Crippen molar-refractivity contribution in [3.05, 3.63) is 36.4 Å². The number of nitrogens with one attached hydrogen (secondary N) is 1. The van der Waals surface area contributed by atoms with Crippen LogP contribution in [-0.2, 0) is 14.8 Å². The summed E-state index contributed by atoms with van der Waals surface area (Å²) >= 11 is 0. The molecular weight excluding hydrogens is 266 g/mol. The predicted molar refractivity (Wildman–Crippen MR) is 74.0 cm³/mol. The number of carbonyl (C=O) groups is 1. The molecule has 1 unspecified atom stereocenters. The van der Waals surface area contributed by atoms with Gasteiger partial charge in [0.15, 0.2) is 0 Å². The summed E-state index contributed by atoms with van der Waals surface area (Å²) in [5, 5.41) is 7.62. The van der Waals surface area contributed by atoms with Gasteiger partial charge in [-0.2, -0.15) is 0 Å². The number of sulfonamides is 1. The first-order valence-electron chi connectivity index (χ1n) is 5.56. The summed E-state index contributed by atoms with van der Waals surface area (Å²) in [5.41, 5.74) is 6.45. The number of amides is 1. The van der Waals surface area contributed by atoms with Crippen LogP contribution < -0.4 is 16.2 Å². The lowest BCUT2D eigenvalue weighted by Gasteiger charge is -2.12. The van der Waals surface area contributed by atoms with Crippen molar-refractivity contribution in [2.24, 2.45) is 10.9 Å². The highest BCUT2D eigenvalue weighted by Gasteiger charge is 2.15. The molecule has 5 N–H and O–H groups in total. The van der Waals surface area contributed by atoms with E-state index < -0.39 is 22.0 Å². The molecule has 0 fully saturated rings. The third-order valence-corrected chi connectivity index (χ3v) is 3.57. The van der Waals surface area contributed by atoms with Crippen molar-refractivity contribution in [3.63, 3.8) is 0 Å². The topological polar surface area (TPSA) is 115 Å². The van der Waals surface area contributed by atoms with E-state index in [2.05, 4.69) is 11.9 Å². The molecule has 0 saturated carbocycles. The lowest BCUT2D eigenvalue weighted by molar-refractivity contribution is -0.117. The number of rotatable bonds is 5. The molecule has 19 heavy (non-hydrogen) atoms. The standard InChI is InChI=1S/C12H17N3O3S/c1-3-4-10(13)12(16)15-9-6-5-8(2)11(7-9)19(14,17)18/h3,5-7,10H,1,4,13H2,2H3,(H,15,16)(H2,14,17,18). The van der Waals surface area contributed by atoms with Crippen LogP contribution in [0, 0.1) is 6.92 Å². The molecule has 0 radical (unpaired) electrons. The van der Waals surface area contributed by atoms with E-state index in [0.29, 0.717) is 17.7 Å². The zero-order chi connectivity index (χ0) is 14.6. The molecule has 0 aliphatic carbocycles. The predicted octanol–water partition coefficient (Wildman–Crippen LogP) is 0.484.